The van der Waals surface area contributed by atoms with E-state index in [1.807, 2.05) is 36.4 Å². The first kappa shape index (κ1) is 16.4. The molecule has 23 heavy (non-hydrogen) atoms. The van der Waals surface area contributed by atoms with Crippen molar-refractivity contribution < 1.29 is 14.6 Å². The Morgan fingerprint density at radius 3 is 2.74 bits per heavy atom. The Morgan fingerprint density at radius 2 is 1.96 bits per heavy atom. The first-order chi connectivity index (χ1) is 11.2. The average Bonchev–Trinajstić information content (AvgIpc) is 2.57. The van der Waals surface area contributed by atoms with Gasteiger partial charge in [-0.1, -0.05) is 54.6 Å². The summed E-state index contributed by atoms with van der Waals surface area (Å²) >= 11 is 0. The summed E-state index contributed by atoms with van der Waals surface area (Å²) in [4.78, 5) is 11.5. The van der Waals surface area contributed by atoms with Crippen LogP contribution in [-0.2, 0) is 11.3 Å². The molecule has 0 atom stereocenters. The smallest absolute Gasteiger partial charge is 0.407 e. The van der Waals surface area contributed by atoms with Crippen LogP contribution in [0.3, 0.4) is 0 Å². The van der Waals surface area contributed by atoms with Crippen molar-refractivity contribution in [2.45, 2.75) is 13.0 Å². The monoisotopic (exact) mass is 312 g/mol. The Kier molecular flexibility index (Phi) is 6.06. The largest absolute Gasteiger partial charge is 0.505 e. The Labute approximate surface area is 135 Å². The van der Waals surface area contributed by atoms with E-state index in [2.05, 4.69) is 5.32 Å². The molecule has 0 spiro atoms. The van der Waals surface area contributed by atoms with Gasteiger partial charge in [-0.15, -0.1) is 0 Å². The number of carbonyl (C=O) groups is 1. The van der Waals surface area contributed by atoms with Gasteiger partial charge >= 0.3 is 6.09 Å². The minimum Gasteiger partial charge on any atom is -0.505 e. The number of rotatable bonds is 6. The average molecular weight is 312 g/mol. The molecule has 2 aromatic rings. The number of amides is 1. The van der Waals surface area contributed by atoms with Crippen molar-refractivity contribution in [1.82, 2.24) is 5.32 Å². The third kappa shape index (κ3) is 5.39. The van der Waals surface area contributed by atoms with E-state index < -0.39 is 6.09 Å². The first-order valence-corrected chi connectivity index (χ1v) is 7.35. The van der Waals surface area contributed by atoms with Gasteiger partial charge in [0.05, 0.1) is 5.69 Å². The number of nitrogens with two attached hydrogens (primary N) is 1. The number of hydrogen-bond donors (Lipinski definition) is 3. The number of ether oxygens (including phenoxy) is 1. The molecular weight excluding hydrogens is 292 g/mol. The lowest BCUT2D eigenvalue weighted by Crippen LogP contribution is -2.24. The number of para-hydroxylation sites is 1. The van der Waals surface area contributed by atoms with Crippen LogP contribution in [0.1, 0.15) is 17.5 Å². The maximum atomic E-state index is 11.5. The third-order valence-electron chi connectivity index (χ3n) is 3.19. The third-order valence-corrected chi connectivity index (χ3v) is 3.19. The van der Waals surface area contributed by atoms with Crippen LogP contribution in [0.4, 0.5) is 10.5 Å². The van der Waals surface area contributed by atoms with E-state index in [1.165, 1.54) is 0 Å². The highest BCUT2D eigenvalue weighted by Crippen LogP contribution is 2.25. The number of phenols is 1. The molecule has 0 saturated carbocycles. The van der Waals surface area contributed by atoms with Crippen molar-refractivity contribution in [2.24, 2.45) is 0 Å². The van der Waals surface area contributed by atoms with Crippen molar-refractivity contribution in [1.29, 1.82) is 0 Å². The predicted octanol–water partition coefficient (Wildman–Crippen LogP) is 3.30. The predicted molar refractivity (Wildman–Crippen MR) is 90.8 cm³/mol. The zero-order valence-electron chi connectivity index (χ0n) is 12.7. The van der Waals surface area contributed by atoms with Crippen LogP contribution < -0.4 is 11.1 Å². The number of nitrogens with one attached hydrogen (secondary N) is 1. The van der Waals surface area contributed by atoms with Crippen LogP contribution in [0.2, 0.25) is 0 Å². The molecule has 0 fully saturated rings. The summed E-state index contributed by atoms with van der Waals surface area (Å²) in [7, 11) is 0. The molecule has 2 rings (SSSR count). The summed E-state index contributed by atoms with van der Waals surface area (Å²) in [5.41, 5.74) is 7.55. The van der Waals surface area contributed by atoms with Gasteiger partial charge in [0.2, 0.25) is 0 Å². The lowest BCUT2D eigenvalue weighted by atomic mass is 10.1. The number of alkyl carbamates (subject to hydrolysis) is 1. The van der Waals surface area contributed by atoms with E-state index >= 15 is 0 Å². The molecule has 0 aliphatic rings. The number of carbonyl (C=O) groups excluding carboxylic acids is 1. The highest BCUT2D eigenvalue weighted by atomic mass is 16.5. The van der Waals surface area contributed by atoms with E-state index in [1.54, 1.807) is 24.3 Å². The maximum absolute atomic E-state index is 11.5. The second-order valence-corrected chi connectivity index (χ2v) is 4.96. The molecule has 0 aliphatic carbocycles. The van der Waals surface area contributed by atoms with Gasteiger partial charge in [-0.25, -0.2) is 4.79 Å². The van der Waals surface area contributed by atoms with Gasteiger partial charge in [-0.3, -0.25) is 0 Å². The van der Waals surface area contributed by atoms with Crippen molar-refractivity contribution in [2.75, 3.05) is 12.3 Å². The number of benzene rings is 2. The highest BCUT2D eigenvalue weighted by Gasteiger charge is 2.02. The molecule has 4 N–H and O–H groups in total. The highest BCUT2D eigenvalue weighted by molar-refractivity contribution is 5.67. The van der Waals surface area contributed by atoms with Crippen LogP contribution in [0.5, 0.6) is 5.75 Å². The van der Waals surface area contributed by atoms with Crippen LogP contribution in [-0.4, -0.2) is 17.7 Å². The topological polar surface area (TPSA) is 84.6 Å². The van der Waals surface area contributed by atoms with Gasteiger partial charge in [-0.05, 0) is 18.1 Å². The Balaban J connectivity index is 1.67. The molecule has 0 aromatic heterocycles. The maximum Gasteiger partial charge on any atom is 0.407 e. The number of hydrogen-bond acceptors (Lipinski definition) is 4. The van der Waals surface area contributed by atoms with Crippen molar-refractivity contribution >= 4 is 17.9 Å². The van der Waals surface area contributed by atoms with E-state index in [4.69, 9.17) is 10.5 Å². The zero-order valence-corrected chi connectivity index (χ0v) is 12.7. The minimum atomic E-state index is -0.450. The van der Waals surface area contributed by atoms with Gasteiger partial charge in [0.1, 0.15) is 12.4 Å². The number of aromatic hydroxyl groups is 1. The van der Waals surface area contributed by atoms with Crippen LogP contribution >= 0.6 is 0 Å². The molecule has 1 amide bonds. The molecule has 0 unspecified atom stereocenters. The quantitative estimate of drug-likeness (QED) is 0.434. The Bertz CT molecular complexity index is 669. The van der Waals surface area contributed by atoms with Crippen molar-refractivity contribution in [3.05, 3.63) is 65.7 Å². The van der Waals surface area contributed by atoms with Crippen LogP contribution in [0.15, 0.2) is 54.6 Å². The fourth-order valence-corrected chi connectivity index (χ4v) is 1.96. The summed E-state index contributed by atoms with van der Waals surface area (Å²) in [6.45, 7) is 0.701. The molecular formula is C18H20N2O3. The van der Waals surface area contributed by atoms with Crippen LogP contribution in [0, 0.1) is 0 Å². The van der Waals surface area contributed by atoms with Gasteiger partial charge in [0.15, 0.2) is 0 Å². The molecule has 0 aliphatic heterocycles. The second-order valence-electron chi connectivity index (χ2n) is 4.96. The van der Waals surface area contributed by atoms with Crippen molar-refractivity contribution in [3.63, 3.8) is 0 Å². The summed E-state index contributed by atoms with van der Waals surface area (Å²) in [6, 6.07) is 14.7. The second kappa shape index (κ2) is 8.48. The fourth-order valence-electron chi connectivity index (χ4n) is 1.96. The molecule has 0 bridgehead atoms. The van der Waals surface area contributed by atoms with E-state index in [0.29, 0.717) is 24.2 Å². The molecule has 5 nitrogen and oxygen atoms in total. The van der Waals surface area contributed by atoms with Gasteiger partial charge in [0, 0.05) is 12.1 Å². The zero-order chi connectivity index (χ0) is 16.5. The molecule has 5 heteroatoms. The summed E-state index contributed by atoms with van der Waals surface area (Å²) < 4.78 is 5.10. The molecule has 2 aromatic carbocycles. The SMILES string of the molecule is Nc1cccc(C=CCCNC(=O)OCc2ccccc2)c1O. The van der Waals surface area contributed by atoms with E-state index in [-0.39, 0.29) is 12.4 Å². The number of anilines is 1. The lowest BCUT2D eigenvalue weighted by Gasteiger charge is -2.06. The molecule has 0 heterocycles. The summed E-state index contributed by atoms with van der Waals surface area (Å²) in [5.74, 6) is 0.0685. The lowest BCUT2D eigenvalue weighted by molar-refractivity contribution is 0.140. The number of nitrogen functional groups attached to an aromatic ring is 1. The summed E-state index contributed by atoms with van der Waals surface area (Å²) in [5, 5.41) is 12.4. The first-order valence-electron chi connectivity index (χ1n) is 7.35. The van der Waals surface area contributed by atoms with E-state index in [9.17, 15) is 9.90 Å². The normalized spacial score (nSPS) is 10.6. The van der Waals surface area contributed by atoms with Gasteiger partial charge in [0.25, 0.3) is 0 Å². The van der Waals surface area contributed by atoms with Gasteiger partial charge in [-0.2, -0.15) is 0 Å². The summed E-state index contributed by atoms with van der Waals surface area (Å²) in [6.07, 6.45) is 3.79. The van der Waals surface area contributed by atoms with Crippen molar-refractivity contribution in [3.8, 4) is 5.75 Å². The van der Waals surface area contributed by atoms with Gasteiger partial charge < -0.3 is 20.9 Å². The number of phenolic OH excluding ortho intramolecular Hbond substituents is 1. The van der Waals surface area contributed by atoms with E-state index in [0.717, 1.165) is 5.56 Å². The molecule has 120 valence electrons. The fraction of sp³-hybridized carbons (Fsp3) is 0.167. The molecule has 0 saturated heterocycles. The standard InChI is InChI=1S/C18H20N2O3/c19-16-11-6-10-15(17(16)21)9-4-5-12-20-18(22)23-13-14-7-2-1-3-8-14/h1-4,6-11,21H,5,12-13,19H2,(H,20,22). The molecule has 0 radical (unpaired) electrons. The Hall–Kier alpha value is -2.95. The van der Waals surface area contributed by atoms with Crippen LogP contribution in [0.25, 0.3) is 6.08 Å². The Morgan fingerprint density at radius 1 is 1.17 bits per heavy atom. The minimum absolute atomic E-state index is 0.0685.